The Kier molecular flexibility index (Phi) is 3.10. The fourth-order valence-corrected chi connectivity index (χ4v) is 2.80. The van der Waals surface area contributed by atoms with Crippen LogP contribution in [0.3, 0.4) is 0 Å². The molecule has 22 heavy (non-hydrogen) atoms. The number of fused-ring (bicyclic) bond motifs is 2. The lowest BCUT2D eigenvalue weighted by Crippen LogP contribution is -2.32. The summed E-state index contributed by atoms with van der Waals surface area (Å²) in [6.07, 6.45) is 1.94. The molecule has 0 amide bonds. The van der Waals surface area contributed by atoms with Gasteiger partial charge in [0.1, 0.15) is 11.3 Å². The van der Waals surface area contributed by atoms with Gasteiger partial charge in [0.2, 0.25) is 0 Å². The van der Waals surface area contributed by atoms with Gasteiger partial charge in [0.25, 0.3) is 6.01 Å². The summed E-state index contributed by atoms with van der Waals surface area (Å²) in [5.74, 6) is 2.37. The average molecular weight is 297 g/mol. The van der Waals surface area contributed by atoms with E-state index in [1.165, 1.54) is 0 Å². The molecule has 0 radical (unpaired) electrons. The van der Waals surface area contributed by atoms with Crippen LogP contribution in [0, 0.1) is 0 Å². The first-order valence-corrected chi connectivity index (χ1v) is 7.75. The van der Waals surface area contributed by atoms with Crippen LogP contribution in [0.2, 0.25) is 0 Å². The number of para-hydroxylation sites is 2. The van der Waals surface area contributed by atoms with E-state index < -0.39 is 0 Å². The molecular weight excluding hydrogens is 278 g/mol. The van der Waals surface area contributed by atoms with Crippen LogP contribution in [0.25, 0.3) is 11.1 Å². The van der Waals surface area contributed by atoms with Gasteiger partial charge in [-0.25, -0.2) is 9.67 Å². The topological polar surface area (TPSA) is 68.8 Å². The number of oxazole rings is 1. The van der Waals surface area contributed by atoms with Crippen molar-refractivity contribution >= 4 is 17.1 Å². The van der Waals surface area contributed by atoms with E-state index in [0.717, 1.165) is 42.1 Å². The number of aryl methyl sites for hydroxylation is 1. The first-order chi connectivity index (χ1) is 10.7. The second kappa shape index (κ2) is 5.12. The summed E-state index contributed by atoms with van der Waals surface area (Å²) in [7, 11) is 0. The second-order valence-electron chi connectivity index (χ2n) is 6.09. The van der Waals surface area contributed by atoms with Crippen molar-refractivity contribution in [2.24, 2.45) is 0 Å². The number of nitrogens with zero attached hydrogens (tertiary/aromatic N) is 4. The SMILES string of the molecule is CC(C)c1nc2n(n1)C[C@@H](Nc1nc3ccccc3o1)CC2. The summed E-state index contributed by atoms with van der Waals surface area (Å²) in [6, 6.07) is 8.65. The molecule has 0 bridgehead atoms. The van der Waals surface area contributed by atoms with Crippen LogP contribution in [0.5, 0.6) is 0 Å². The quantitative estimate of drug-likeness (QED) is 0.805. The van der Waals surface area contributed by atoms with Crippen molar-refractivity contribution < 1.29 is 4.42 Å². The van der Waals surface area contributed by atoms with Gasteiger partial charge in [-0.05, 0) is 18.6 Å². The first-order valence-electron chi connectivity index (χ1n) is 7.75. The van der Waals surface area contributed by atoms with Crippen LogP contribution < -0.4 is 5.32 Å². The zero-order valence-electron chi connectivity index (χ0n) is 12.8. The predicted molar refractivity (Wildman–Crippen MR) is 83.9 cm³/mol. The number of rotatable bonds is 3. The summed E-state index contributed by atoms with van der Waals surface area (Å²) in [4.78, 5) is 9.08. The Labute approximate surface area is 128 Å². The molecule has 6 nitrogen and oxygen atoms in total. The summed E-state index contributed by atoms with van der Waals surface area (Å²) in [6.45, 7) is 5.04. The Morgan fingerprint density at radius 3 is 2.95 bits per heavy atom. The molecule has 1 N–H and O–H groups in total. The fourth-order valence-electron chi connectivity index (χ4n) is 2.80. The lowest BCUT2D eigenvalue weighted by atomic mass is 10.1. The Balaban J connectivity index is 1.52. The average Bonchev–Trinajstić information content (AvgIpc) is 3.09. The van der Waals surface area contributed by atoms with Crippen LogP contribution in [0.4, 0.5) is 6.01 Å². The molecule has 0 saturated heterocycles. The molecular formula is C16H19N5O. The molecule has 3 aromatic rings. The molecule has 0 fully saturated rings. The molecule has 0 aliphatic carbocycles. The largest absolute Gasteiger partial charge is 0.424 e. The van der Waals surface area contributed by atoms with E-state index in [0.29, 0.717) is 11.9 Å². The third-order valence-corrected chi connectivity index (χ3v) is 4.01. The minimum absolute atomic E-state index is 0.266. The van der Waals surface area contributed by atoms with Gasteiger partial charge in [0.05, 0.1) is 12.6 Å². The molecule has 6 heteroatoms. The van der Waals surface area contributed by atoms with E-state index in [4.69, 9.17) is 4.42 Å². The van der Waals surface area contributed by atoms with Crippen molar-refractivity contribution in [3.63, 3.8) is 0 Å². The van der Waals surface area contributed by atoms with Gasteiger partial charge >= 0.3 is 0 Å². The highest BCUT2D eigenvalue weighted by atomic mass is 16.4. The molecule has 1 aliphatic rings. The maximum atomic E-state index is 5.73. The summed E-state index contributed by atoms with van der Waals surface area (Å²) < 4.78 is 7.75. The lowest BCUT2D eigenvalue weighted by Gasteiger charge is -2.22. The summed E-state index contributed by atoms with van der Waals surface area (Å²) in [5, 5.41) is 7.98. The van der Waals surface area contributed by atoms with E-state index in [1.54, 1.807) is 0 Å². The van der Waals surface area contributed by atoms with Crippen molar-refractivity contribution in [1.82, 2.24) is 19.7 Å². The number of hydrogen-bond donors (Lipinski definition) is 1. The zero-order valence-corrected chi connectivity index (χ0v) is 12.8. The molecule has 114 valence electrons. The molecule has 1 aliphatic heterocycles. The molecule has 0 spiro atoms. The molecule has 0 saturated carbocycles. The smallest absolute Gasteiger partial charge is 0.295 e. The van der Waals surface area contributed by atoms with Gasteiger partial charge in [-0.2, -0.15) is 10.1 Å². The van der Waals surface area contributed by atoms with E-state index >= 15 is 0 Å². The van der Waals surface area contributed by atoms with E-state index in [2.05, 4.69) is 34.2 Å². The maximum absolute atomic E-state index is 5.73. The number of anilines is 1. The normalized spacial score (nSPS) is 17.9. The van der Waals surface area contributed by atoms with Crippen molar-refractivity contribution in [1.29, 1.82) is 0 Å². The maximum Gasteiger partial charge on any atom is 0.295 e. The third-order valence-electron chi connectivity index (χ3n) is 4.01. The molecule has 4 rings (SSSR count). The van der Waals surface area contributed by atoms with Gasteiger partial charge in [0, 0.05) is 12.3 Å². The van der Waals surface area contributed by atoms with Crippen LogP contribution in [0.15, 0.2) is 28.7 Å². The standard InChI is InChI=1S/C16H19N5O/c1-10(2)15-19-14-8-7-11(9-21(14)20-15)17-16-18-12-5-3-4-6-13(12)22-16/h3-6,10-11H,7-9H2,1-2H3,(H,17,18)/t11-/m0/s1. The molecule has 2 aromatic heterocycles. The molecule has 3 heterocycles. The number of benzene rings is 1. The van der Waals surface area contributed by atoms with Crippen molar-refractivity contribution in [3.8, 4) is 0 Å². The van der Waals surface area contributed by atoms with Crippen LogP contribution in [-0.4, -0.2) is 25.8 Å². The molecule has 1 atom stereocenters. The monoisotopic (exact) mass is 297 g/mol. The van der Waals surface area contributed by atoms with Gasteiger partial charge in [-0.3, -0.25) is 0 Å². The molecule has 1 aromatic carbocycles. The highest BCUT2D eigenvalue weighted by Gasteiger charge is 2.23. The minimum atomic E-state index is 0.266. The highest BCUT2D eigenvalue weighted by Crippen LogP contribution is 2.22. The van der Waals surface area contributed by atoms with Crippen LogP contribution in [-0.2, 0) is 13.0 Å². The second-order valence-corrected chi connectivity index (χ2v) is 6.09. The van der Waals surface area contributed by atoms with Gasteiger partial charge < -0.3 is 9.73 Å². The number of nitrogens with one attached hydrogen (secondary N) is 1. The van der Waals surface area contributed by atoms with Crippen LogP contribution >= 0.6 is 0 Å². The predicted octanol–water partition coefficient (Wildman–Crippen LogP) is 2.97. The van der Waals surface area contributed by atoms with Crippen LogP contribution in [0.1, 0.15) is 37.8 Å². The zero-order chi connectivity index (χ0) is 15.1. The summed E-state index contributed by atoms with van der Waals surface area (Å²) in [5.41, 5.74) is 1.69. The van der Waals surface area contributed by atoms with Gasteiger partial charge in [-0.15, -0.1) is 0 Å². The Hall–Kier alpha value is -2.37. The van der Waals surface area contributed by atoms with E-state index in [1.807, 2.05) is 28.9 Å². The van der Waals surface area contributed by atoms with Crippen molar-refractivity contribution in [3.05, 3.63) is 35.9 Å². The highest BCUT2D eigenvalue weighted by molar-refractivity contribution is 5.74. The first kappa shape index (κ1) is 13.3. The third kappa shape index (κ3) is 2.34. The Morgan fingerprint density at radius 1 is 1.27 bits per heavy atom. The molecule has 0 unspecified atom stereocenters. The van der Waals surface area contributed by atoms with Crippen molar-refractivity contribution in [2.75, 3.05) is 5.32 Å². The van der Waals surface area contributed by atoms with E-state index in [9.17, 15) is 0 Å². The number of aromatic nitrogens is 4. The van der Waals surface area contributed by atoms with Gasteiger partial charge in [0.15, 0.2) is 11.4 Å². The van der Waals surface area contributed by atoms with Crippen molar-refractivity contribution in [2.45, 2.75) is 45.2 Å². The van der Waals surface area contributed by atoms with Gasteiger partial charge in [-0.1, -0.05) is 26.0 Å². The lowest BCUT2D eigenvalue weighted by molar-refractivity contribution is 0.430. The number of hydrogen-bond acceptors (Lipinski definition) is 5. The Morgan fingerprint density at radius 2 is 2.14 bits per heavy atom. The minimum Gasteiger partial charge on any atom is -0.424 e. The van der Waals surface area contributed by atoms with E-state index in [-0.39, 0.29) is 6.04 Å². The summed E-state index contributed by atoms with van der Waals surface area (Å²) >= 11 is 0. The fraction of sp³-hybridized carbons (Fsp3) is 0.438. The Bertz CT molecular complexity index is 771.